The van der Waals surface area contributed by atoms with Crippen LogP contribution in [-0.2, 0) is 22.6 Å². The highest BCUT2D eigenvalue weighted by Gasteiger charge is 2.12. The third-order valence-corrected chi connectivity index (χ3v) is 5.59. The van der Waals surface area contributed by atoms with Crippen molar-refractivity contribution in [2.75, 3.05) is 13.7 Å². The van der Waals surface area contributed by atoms with Gasteiger partial charge in [0.05, 0.1) is 37.7 Å². The maximum Gasteiger partial charge on any atom is 0.310 e. The molecule has 0 unspecified atom stereocenters. The Morgan fingerprint density at radius 2 is 1.97 bits per heavy atom. The molecule has 4 rings (SSSR count). The molecule has 0 aliphatic rings. The van der Waals surface area contributed by atoms with Crippen molar-refractivity contribution in [2.24, 2.45) is 0 Å². The molecule has 0 saturated carbocycles. The number of para-hydroxylation sites is 1. The maximum absolute atomic E-state index is 12.3. The lowest BCUT2D eigenvalue weighted by molar-refractivity contribution is -0.144. The van der Waals surface area contributed by atoms with Gasteiger partial charge >= 0.3 is 5.97 Å². The third-order valence-electron chi connectivity index (χ3n) is 4.65. The molecule has 164 valence electrons. The largest absolute Gasteiger partial charge is 0.493 e. The van der Waals surface area contributed by atoms with E-state index in [0.717, 1.165) is 21.8 Å². The molecule has 0 saturated heterocycles. The Morgan fingerprint density at radius 1 is 1.12 bits per heavy atom. The minimum absolute atomic E-state index is 0.121. The molecule has 4 aromatic rings. The number of carbonyl (C=O) groups is 1. The van der Waals surface area contributed by atoms with Crippen LogP contribution >= 0.6 is 11.3 Å². The van der Waals surface area contributed by atoms with E-state index < -0.39 is 0 Å². The predicted octanol–water partition coefficient (Wildman–Crippen LogP) is 4.69. The van der Waals surface area contributed by atoms with Crippen LogP contribution in [0.5, 0.6) is 11.5 Å². The Labute approximate surface area is 190 Å². The SMILES string of the molecule is CCOc1ccc(-c2nc(COC(=O)Cc3cnn(-c4ccccc4)c3)cs2)cc1OC. The molecule has 32 heavy (non-hydrogen) atoms. The number of esters is 1. The number of hydrogen-bond acceptors (Lipinski definition) is 7. The second-order valence-corrected chi connectivity index (χ2v) is 7.77. The predicted molar refractivity (Wildman–Crippen MR) is 122 cm³/mol. The van der Waals surface area contributed by atoms with Crippen LogP contribution in [-0.4, -0.2) is 34.5 Å². The van der Waals surface area contributed by atoms with Crippen LogP contribution in [0.2, 0.25) is 0 Å². The van der Waals surface area contributed by atoms with Crippen molar-refractivity contribution in [3.05, 3.63) is 77.6 Å². The van der Waals surface area contributed by atoms with Crippen molar-refractivity contribution in [3.8, 4) is 27.8 Å². The summed E-state index contributed by atoms with van der Waals surface area (Å²) in [5.41, 5.74) is 3.35. The highest BCUT2D eigenvalue weighted by Crippen LogP contribution is 2.33. The highest BCUT2D eigenvalue weighted by atomic mass is 32.1. The molecule has 7 nitrogen and oxygen atoms in total. The van der Waals surface area contributed by atoms with E-state index in [1.165, 1.54) is 11.3 Å². The van der Waals surface area contributed by atoms with Crippen LogP contribution in [0.4, 0.5) is 0 Å². The average molecular weight is 450 g/mol. The van der Waals surface area contributed by atoms with Crippen LogP contribution in [0.3, 0.4) is 0 Å². The van der Waals surface area contributed by atoms with E-state index in [2.05, 4.69) is 10.1 Å². The van der Waals surface area contributed by atoms with E-state index in [1.54, 1.807) is 18.0 Å². The number of nitrogens with zero attached hydrogens (tertiary/aromatic N) is 3. The second kappa shape index (κ2) is 10.1. The van der Waals surface area contributed by atoms with Gasteiger partial charge in [0.2, 0.25) is 0 Å². The summed E-state index contributed by atoms with van der Waals surface area (Å²) >= 11 is 1.49. The molecule has 0 bridgehead atoms. The van der Waals surface area contributed by atoms with Crippen molar-refractivity contribution in [3.63, 3.8) is 0 Å². The normalized spacial score (nSPS) is 10.7. The van der Waals surface area contributed by atoms with Crippen molar-refractivity contribution < 1.29 is 19.0 Å². The van der Waals surface area contributed by atoms with Crippen LogP contribution in [0.25, 0.3) is 16.3 Å². The zero-order chi connectivity index (χ0) is 22.3. The fraction of sp³-hybridized carbons (Fsp3) is 0.208. The zero-order valence-corrected chi connectivity index (χ0v) is 18.7. The summed E-state index contributed by atoms with van der Waals surface area (Å²) in [5.74, 6) is 1.03. The molecule has 0 spiro atoms. The Morgan fingerprint density at radius 3 is 2.75 bits per heavy atom. The van der Waals surface area contributed by atoms with Crippen molar-refractivity contribution >= 4 is 17.3 Å². The summed E-state index contributed by atoms with van der Waals surface area (Å²) in [6, 6.07) is 15.4. The average Bonchev–Trinajstić information content (AvgIpc) is 3.49. The van der Waals surface area contributed by atoms with E-state index in [9.17, 15) is 4.79 Å². The number of carbonyl (C=O) groups excluding carboxylic acids is 1. The Kier molecular flexibility index (Phi) is 6.81. The first-order chi connectivity index (χ1) is 15.7. The summed E-state index contributed by atoms with van der Waals surface area (Å²) < 4.78 is 18.1. The van der Waals surface area contributed by atoms with Gasteiger partial charge in [0, 0.05) is 22.7 Å². The van der Waals surface area contributed by atoms with Crippen molar-refractivity contribution in [2.45, 2.75) is 20.0 Å². The molecule has 0 fully saturated rings. The lowest BCUT2D eigenvalue weighted by Crippen LogP contribution is -2.07. The van der Waals surface area contributed by atoms with Crippen LogP contribution < -0.4 is 9.47 Å². The quantitative estimate of drug-likeness (QED) is 0.345. The molecule has 2 heterocycles. The molecule has 0 aliphatic heterocycles. The maximum atomic E-state index is 12.3. The van der Waals surface area contributed by atoms with E-state index in [0.29, 0.717) is 23.8 Å². The van der Waals surface area contributed by atoms with Gasteiger partial charge in [-0.25, -0.2) is 9.67 Å². The molecular weight excluding hydrogens is 426 g/mol. The van der Waals surface area contributed by atoms with Crippen molar-refractivity contribution in [1.82, 2.24) is 14.8 Å². The third kappa shape index (κ3) is 5.15. The first-order valence-electron chi connectivity index (χ1n) is 10.2. The minimum atomic E-state index is -0.324. The summed E-state index contributed by atoms with van der Waals surface area (Å²) in [5, 5.41) is 7.01. The lowest BCUT2D eigenvalue weighted by atomic mass is 10.2. The molecule has 0 radical (unpaired) electrons. The summed E-state index contributed by atoms with van der Waals surface area (Å²) in [7, 11) is 1.61. The van der Waals surface area contributed by atoms with Crippen LogP contribution in [0, 0.1) is 0 Å². The monoisotopic (exact) mass is 449 g/mol. The number of methoxy groups -OCH3 is 1. The molecule has 0 N–H and O–H groups in total. The van der Waals surface area contributed by atoms with Gasteiger partial charge in [0.25, 0.3) is 0 Å². The molecule has 0 aliphatic carbocycles. The molecule has 2 aromatic heterocycles. The van der Waals surface area contributed by atoms with Crippen molar-refractivity contribution in [1.29, 1.82) is 0 Å². The van der Waals surface area contributed by atoms with E-state index in [-0.39, 0.29) is 19.0 Å². The first-order valence-corrected chi connectivity index (χ1v) is 11.0. The van der Waals surface area contributed by atoms with Gasteiger partial charge in [0.15, 0.2) is 11.5 Å². The Hall–Kier alpha value is -3.65. The molecular formula is C24H23N3O4S. The van der Waals surface area contributed by atoms with Gasteiger partial charge in [-0.05, 0) is 37.3 Å². The summed E-state index contributed by atoms with van der Waals surface area (Å²) in [6.07, 6.45) is 3.66. The Bertz CT molecular complexity index is 1190. The van der Waals surface area contributed by atoms with Crippen LogP contribution in [0.15, 0.2) is 66.3 Å². The van der Waals surface area contributed by atoms with Gasteiger partial charge < -0.3 is 14.2 Å². The lowest BCUT2D eigenvalue weighted by Gasteiger charge is -2.09. The summed E-state index contributed by atoms with van der Waals surface area (Å²) in [6.45, 7) is 2.61. The second-order valence-electron chi connectivity index (χ2n) is 6.91. The molecule has 2 aromatic carbocycles. The van der Waals surface area contributed by atoms with Gasteiger partial charge in [0.1, 0.15) is 11.6 Å². The number of benzene rings is 2. The van der Waals surface area contributed by atoms with E-state index in [4.69, 9.17) is 14.2 Å². The zero-order valence-electron chi connectivity index (χ0n) is 17.9. The highest BCUT2D eigenvalue weighted by molar-refractivity contribution is 7.13. The van der Waals surface area contributed by atoms with Gasteiger partial charge in [-0.15, -0.1) is 11.3 Å². The first kappa shape index (κ1) is 21.6. The Balaban J connectivity index is 1.34. The summed E-state index contributed by atoms with van der Waals surface area (Å²) in [4.78, 5) is 16.9. The van der Waals surface area contributed by atoms with E-state index >= 15 is 0 Å². The number of hydrogen-bond donors (Lipinski definition) is 0. The smallest absolute Gasteiger partial charge is 0.310 e. The van der Waals surface area contributed by atoms with Gasteiger partial charge in [-0.3, -0.25) is 4.79 Å². The number of thiazole rings is 1. The van der Waals surface area contributed by atoms with Gasteiger partial charge in [-0.1, -0.05) is 18.2 Å². The standard InChI is InChI=1S/C24H23N3O4S/c1-3-30-21-10-9-18(12-22(21)29-2)24-26-19(16-32-24)15-31-23(28)11-17-13-25-27(14-17)20-7-5-4-6-8-20/h4-10,12-14,16H,3,11,15H2,1-2H3. The number of ether oxygens (including phenoxy) is 3. The minimum Gasteiger partial charge on any atom is -0.493 e. The van der Waals surface area contributed by atoms with E-state index in [1.807, 2.05) is 67.0 Å². The fourth-order valence-electron chi connectivity index (χ4n) is 3.13. The van der Waals surface area contributed by atoms with Crippen LogP contribution in [0.1, 0.15) is 18.2 Å². The fourth-order valence-corrected chi connectivity index (χ4v) is 3.93. The molecule has 0 atom stereocenters. The van der Waals surface area contributed by atoms with Gasteiger partial charge in [-0.2, -0.15) is 5.10 Å². The number of rotatable bonds is 9. The number of aromatic nitrogens is 3. The topological polar surface area (TPSA) is 75.5 Å². The molecule has 0 amide bonds. The molecule has 8 heteroatoms.